The largest absolute Gasteiger partial charge is 0.357 e. The van der Waals surface area contributed by atoms with E-state index >= 15 is 0 Å². The van der Waals surface area contributed by atoms with Crippen LogP contribution in [-0.4, -0.2) is 0 Å². The van der Waals surface area contributed by atoms with E-state index in [1.807, 2.05) is 0 Å². The molecule has 0 aromatic heterocycles. The van der Waals surface area contributed by atoms with Crippen molar-refractivity contribution in [2.75, 3.05) is 0 Å². The van der Waals surface area contributed by atoms with E-state index in [0.717, 1.165) is 0 Å². The van der Waals surface area contributed by atoms with Gasteiger partial charge in [0.2, 0.25) is 0 Å². The number of benzene rings is 2. The van der Waals surface area contributed by atoms with Gasteiger partial charge in [-0.3, -0.25) is 0 Å². The Bertz CT molecular complexity index is 435. The van der Waals surface area contributed by atoms with Crippen LogP contribution >= 0.6 is 0 Å². The Balaban J connectivity index is 1.99. The summed E-state index contributed by atoms with van der Waals surface area (Å²) < 4.78 is 3.03. The van der Waals surface area contributed by atoms with Crippen LogP contribution in [0.2, 0.25) is 0 Å². The van der Waals surface area contributed by atoms with E-state index < -0.39 is 0 Å². The van der Waals surface area contributed by atoms with Crippen LogP contribution in [0.4, 0.5) is 0 Å². The van der Waals surface area contributed by atoms with Crippen LogP contribution in [0.1, 0.15) is 37.8 Å². The van der Waals surface area contributed by atoms with Gasteiger partial charge >= 0.3 is 21.2 Å². The van der Waals surface area contributed by atoms with Gasteiger partial charge in [0.1, 0.15) is 0 Å². The van der Waals surface area contributed by atoms with Crippen molar-refractivity contribution < 1.29 is 21.2 Å². The smallest absolute Gasteiger partial charge is 0.0651 e. The van der Waals surface area contributed by atoms with Gasteiger partial charge in [0.25, 0.3) is 0 Å². The summed E-state index contributed by atoms with van der Waals surface area (Å²) in [5.41, 5.74) is 2.93. The SMILES string of the molecule is CCCc1ccc([I+]c2ccc(CCC)cc2)cc1. The minimum atomic E-state index is -0.0164. The standard InChI is InChI=1S/C18H22I/c1-3-5-15-7-11-17(12-8-15)19-18-13-9-16(6-4-2)10-14-18/h7-14H,3-6H2,1-2H3/q+1. The first kappa shape index (κ1) is 14.6. The fourth-order valence-corrected chi connectivity index (χ4v) is 4.29. The minimum Gasteiger partial charge on any atom is -0.0651 e. The molecule has 0 nitrogen and oxygen atoms in total. The minimum absolute atomic E-state index is 0.0164. The Labute approximate surface area is 127 Å². The molecule has 2 aromatic rings. The second-order valence-electron chi connectivity index (χ2n) is 4.85. The summed E-state index contributed by atoms with van der Waals surface area (Å²) in [5.74, 6) is 0. The third-order valence-electron chi connectivity index (χ3n) is 3.12. The quantitative estimate of drug-likeness (QED) is 0.684. The molecule has 1 heteroatoms. The first-order valence-corrected chi connectivity index (χ1v) is 9.30. The maximum Gasteiger partial charge on any atom is 0.357 e. The zero-order valence-electron chi connectivity index (χ0n) is 11.8. The number of aryl methyl sites for hydroxylation is 2. The number of hydrogen-bond donors (Lipinski definition) is 0. The highest BCUT2D eigenvalue weighted by Gasteiger charge is 2.14. The summed E-state index contributed by atoms with van der Waals surface area (Å²) >= 11 is -0.0164. The van der Waals surface area contributed by atoms with Gasteiger partial charge in [0, 0.05) is 0 Å². The van der Waals surface area contributed by atoms with E-state index in [0.29, 0.717) is 0 Å². The van der Waals surface area contributed by atoms with Gasteiger partial charge in [-0.25, -0.2) is 0 Å². The average molecular weight is 365 g/mol. The maximum atomic E-state index is 2.32. The topological polar surface area (TPSA) is 0 Å². The molecule has 0 saturated carbocycles. The van der Waals surface area contributed by atoms with E-state index in [9.17, 15) is 0 Å². The van der Waals surface area contributed by atoms with Crippen LogP contribution in [0, 0.1) is 7.14 Å². The van der Waals surface area contributed by atoms with Gasteiger partial charge in [0.05, 0.1) is 0 Å². The second kappa shape index (κ2) is 7.68. The average Bonchev–Trinajstić information content (AvgIpc) is 2.44. The zero-order chi connectivity index (χ0) is 13.5. The molecule has 0 atom stereocenters. The Kier molecular flexibility index (Phi) is 5.90. The molecular formula is C18H22I+. The van der Waals surface area contributed by atoms with Crippen LogP contribution in [0.5, 0.6) is 0 Å². The molecule has 0 aliphatic rings. The lowest BCUT2D eigenvalue weighted by atomic mass is 10.1. The summed E-state index contributed by atoms with van der Waals surface area (Å²) in [6.45, 7) is 4.47. The molecule has 0 saturated heterocycles. The third-order valence-corrected chi connectivity index (χ3v) is 5.81. The first-order chi connectivity index (χ1) is 9.31. The molecule has 0 aliphatic heterocycles. The third kappa shape index (κ3) is 4.64. The maximum absolute atomic E-state index is 2.32. The number of halogens is 1. The summed E-state index contributed by atoms with van der Waals surface area (Å²) in [7, 11) is 0. The van der Waals surface area contributed by atoms with Crippen LogP contribution in [0.3, 0.4) is 0 Å². The second-order valence-corrected chi connectivity index (χ2v) is 7.88. The Morgan fingerprint density at radius 1 is 0.632 bits per heavy atom. The fourth-order valence-electron chi connectivity index (χ4n) is 2.13. The summed E-state index contributed by atoms with van der Waals surface area (Å²) in [4.78, 5) is 0. The van der Waals surface area contributed by atoms with E-state index in [4.69, 9.17) is 0 Å². The Morgan fingerprint density at radius 3 is 1.32 bits per heavy atom. The van der Waals surface area contributed by atoms with Crippen molar-refractivity contribution in [3.63, 3.8) is 0 Å². The molecule has 0 bridgehead atoms. The molecule has 0 amide bonds. The monoisotopic (exact) mass is 365 g/mol. The highest BCUT2D eigenvalue weighted by atomic mass is 127. The van der Waals surface area contributed by atoms with Crippen molar-refractivity contribution in [1.29, 1.82) is 0 Å². The van der Waals surface area contributed by atoms with Gasteiger partial charge in [-0.05, 0) is 48.2 Å². The number of hydrogen-bond acceptors (Lipinski definition) is 0. The normalized spacial score (nSPS) is 10.6. The fraction of sp³-hybridized carbons (Fsp3) is 0.333. The predicted molar refractivity (Wildman–Crippen MR) is 78.3 cm³/mol. The highest BCUT2D eigenvalue weighted by Crippen LogP contribution is 2.02. The van der Waals surface area contributed by atoms with E-state index in [-0.39, 0.29) is 21.2 Å². The van der Waals surface area contributed by atoms with Crippen molar-refractivity contribution in [2.45, 2.75) is 39.5 Å². The van der Waals surface area contributed by atoms with Gasteiger partial charge in [0.15, 0.2) is 7.14 Å². The lowest BCUT2D eigenvalue weighted by Crippen LogP contribution is -3.61. The summed E-state index contributed by atoms with van der Waals surface area (Å²) in [6, 6.07) is 18.5. The van der Waals surface area contributed by atoms with Crippen molar-refractivity contribution in [3.8, 4) is 0 Å². The summed E-state index contributed by atoms with van der Waals surface area (Å²) in [6.07, 6.45) is 4.86. The van der Waals surface area contributed by atoms with Crippen LogP contribution in [0.25, 0.3) is 0 Å². The molecule has 0 unspecified atom stereocenters. The molecular weight excluding hydrogens is 343 g/mol. The zero-order valence-corrected chi connectivity index (χ0v) is 14.0. The molecule has 0 fully saturated rings. The molecule has 0 spiro atoms. The Hall–Kier alpha value is -0.830. The first-order valence-electron chi connectivity index (χ1n) is 7.14. The molecule has 19 heavy (non-hydrogen) atoms. The van der Waals surface area contributed by atoms with Crippen molar-refractivity contribution in [1.82, 2.24) is 0 Å². The predicted octanol–water partition coefficient (Wildman–Crippen LogP) is 1.72. The highest BCUT2D eigenvalue weighted by molar-refractivity contribution is 5.16. The molecule has 2 aromatic carbocycles. The van der Waals surface area contributed by atoms with Crippen LogP contribution < -0.4 is 21.2 Å². The van der Waals surface area contributed by atoms with Gasteiger partial charge in [-0.2, -0.15) is 0 Å². The van der Waals surface area contributed by atoms with E-state index in [2.05, 4.69) is 62.4 Å². The van der Waals surface area contributed by atoms with E-state index in [1.165, 1.54) is 44.0 Å². The molecule has 0 N–H and O–H groups in total. The van der Waals surface area contributed by atoms with Crippen molar-refractivity contribution in [3.05, 3.63) is 66.8 Å². The van der Waals surface area contributed by atoms with Crippen LogP contribution in [0.15, 0.2) is 48.5 Å². The lowest BCUT2D eigenvalue weighted by Gasteiger charge is -1.97. The van der Waals surface area contributed by atoms with Crippen molar-refractivity contribution >= 4 is 0 Å². The van der Waals surface area contributed by atoms with Gasteiger partial charge in [-0.15, -0.1) is 0 Å². The van der Waals surface area contributed by atoms with E-state index in [1.54, 1.807) is 0 Å². The Morgan fingerprint density at radius 2 is 1.00 bits per heavy atom. The van der Waals surface area contributed by atoms with Crippen LogP contribution in [-0.2, 0) is 12.8 Å². The van der Waals surface area contributed by atoms with Gasteiger partial charge < -0.3 is 0 Å². The molecule has 100 valence electrons. The lowest BCUT2D eigenvalue weighted by molar-refractivity contribution is -0.597. The summed E-state index contributed by atoms with van der Waals surface area (Å²) in [5, 5.41) is 0. The van der Waals surface area contributed by atoms with Crippen molar-refractivity contribution in [2.24, 2.45) is 0 Å². The molecule has 0 radical (unpaired) electrons. The molecule has 0 heterocycles. The number of rotatable bonds is 6. The van der Waals surface area contributed by atoms with Gasteiger partial charge in [-0.1, -0.05) is 51.0 Å². The molecule has 2 rings (SSSR count). The molecule has 0 aliphatic carbocycles.